The number of hydrogen-bond acceptors (Lipinski definition) is 4. The highest BCUT2D eigenvalue weighted by molar-refractivity contribution is 5.51. The number of benzene rings is 1. The van der Waals surface area contributed by atoms with Gasteiger partial charge >= 0.3 is 5.69 Å². The number of nitrogens with zero attached hydrogens (tertiary/aromatic N) is 1. The second-order valence-electron chi connectivity index (χ2n) is 4.87. The maximum atomic E-state index is 10.9. The summed E-state index contributed by atoms with van der Waals surface area (Å²) in [6.45, 7) is 6.71. The smallest absolute Gasteiger partial charge is 0.311 e. The van der Waals surface area contributed by atoms with Gasteiger partial charge in [-0.25, -0.2) is 0 Å². The van der Waals surface area contributed by atoms with Gasteiger partial charge in [0.15, 0.2) is 5.75 Å². The Morgan fingerprint density at radius 1 is 1.58 bits per heavy atom. The van der Waals surface area contributed by atoms with E-state index in [9.17, 15) is 10.1 Å². The van der Waals surface area contributed by atoms with Crippen molar-refractivity contribution in [2.45, 2.75) is 25.8 Å². The number of hydrogen-bond donors (Lipinski definition) is 1. The fourth-order valence-electron chi connectivity index (χ4n) is 1.77. The Kier molecular flexibility index (Phi) is 4.16. The lowest BCUT2D eigenvalue weighted by Crippen LogP contribution is -2.21. The van der Waals surface area contributed by atoms with Crippen molar-refractivity contribution in [3.8, 4) is 5.75 Å². The molecule has 0 amide bonds. The van der Waals surface area contributed by atoms with Crippen molar-refractivity contribution >= 4 is 5.69 Å². The molecule has 5 heteroatoms. The lowest BCUT2D eigenvalue weighted by Gasteiger charge is -2.11. The maximum absolute atomic E-state index is 10.9. The number of nitro groups is 1. The quantitative estimate of drug-likeness (QED) is 0.466. The van der Waals surface area contributed by atoms with Crippen molar-refractivity contribution in [1.29, 1.82) is 0 Å². The zero-order valence-electron chi connectivity index (χ0n) is 11.0. The highest BCUT2D eigenvalue weighted by Gasteiger charge is 2.21. The Morgan fingerprint density at radius 3 is 2.95 bits per heavy atom. The average Bonchev–Trinajstić information content (AvgIpc) is 3.18. The van der Waals surface area contributed by atoms with E-state index >= 15 is 0 Å². The molecule has 1 saturated carbocycles. The van der Waals surface area contributed by atoms with Crippen LogP contribution >= 0.6 is 0 Å². The van der Waals surface area contributed by atoms with E-state index in [2.05, 4.69) is 11.9 Å². The van der Waals surface area contributed by atoms with E-state index in [1.165, 1.54) is 18.9 Å². The molecule has 0 aromatic heterocycles. The lowest BCUT2D eigenvalue weighted by molar-refractivity contribution is -0.385. The predicted octanol–water partition coefficient (Wildman–Crippen LogP) is 2.59. The molecule has 0 heterocycles. The predicted molar refractivity (Wildman–Crippen MR) is 73.5 cm³/mol. The summed E-state index contributed by atoms with van der Waals surface area (Å²) >= 11 is 0. The third kappa shape index (κ3) is 3.79. The number of nitrogens with one attached hydrogen (secondary N) is 1. The van der Waals surface area contributed by atoms with E-state index < -0.39 is 4.92 Å². The Morgan fingerprint density at radius 2 is 2.32 bits per heavy atom. The van der Waals surface area contributed by atoms with Crippen LogP contribution < -0.4 is 10.1 Å². The summed E-state index contributed by atoms with van der Waals surface area (Å²) in [5.74, 6) is 0.333. The first-order chi connectivity index (χ1) is 9.08. The number of nitro benzene ring substituents is 1. The zero-order valence-corrected chi connectivity index (χ0v) is 11.0. The Bertz CT molecular complexity index is 495. The molecule has 1 aliphatic rings. The Labute approximate surface area is 112 Å². The topological polar surface area (TPSA) is 64.4 Å². The lowest BCUT2D eigenvalue weighted by atomic mass is 10.2. The molecule has 1 fully saturated rings. The number of rotatable bonds is 7. The molecule has 1 aliphatic carbocycles. The van der Waals surface area contributed by atoms with Crippen molar-refractivity contribution in [2.24, 2.45) is 0 Å². The van der Waals surface area contributed by atoms with Crippen molar-refractivity contribution in [1.82, 2.24) is 5.32 Å². The first kappa shape index (κ1) is 13.5. The normalized spacial score (nSPS) is 14.2. The zero-order chi connectivity index (χ0) is 13.8. The first-order valence-corrected chi connectivity index (χ1v) is 6.34. The summed E-state index contributed by atoms with van der Waals surface area (Å²) in [7, 11) is 0. The minimum Gasteiger partial charge on any atom is -0.482 e. The summed E-state index contributed by atoms with van der Waals surface area (Å²) in [5, 5.41) is 14.3. The monoisotopic (exact) mass is 262 g/mol. The van der Waals surface area contributed by atoms with Crippen LogP contribution in [-0.4, -0.2) is 24.1 Å². The summed E-state index contributed by atoms with van der Waals surface area (Å²) in [5.41, 5.74) is 1.66. The van der Waals surface area contributed by atoms with Crippen molar-refractivity contribution < 1.29 is 9.66 Å². The fourth-order valence-corrected chi connectivity index (χ4v) is 1.77. The molecule has 0 bridgehead atoms. The summed E-state index contributed by atoms with van der Waals surface area (Å²) < 4.78 is 5.56. The standard InChI is InChI=1S/C14H18N2O3/c1-10(8-15-12-6-7-12)9-19-14-11(2)4-3-5-13(14)16(17)18/h3-5,12,15H,1,6-9H2,2H3. The molecular weight excluding hydrogens is 244 g/mol. The van der Waals surface area contributed by atoms with E-state index in [1.807, 2.05) is 0 Å². The van der Waals surface area contributed by atoms with Gasteiger partial charge in [0.05, 0.1) is 4.92 Å². The minimum absolute atomic E-state index is 0.00273. The van der Waals surface area contributed by atoms with E-state index in [-0.39, 0.29) is 5.69 Å². The van der Waals surface area contributed by atoms with E-state index in [0.717, 1.165) is 11.1 Å². The van der Waals surface area contributed by atoms with Crippen LogP contribution in [0, 0.1) is 17.0 Å². The van der Waals surface area contributed by atoms with Crippen LogP contribution in [0.4, 0.5) is 5.69 Å². The third-order valence-corrected chi connectivity index (χ3v) is 3.03. The molecule has 0 unspecified atom stereocenters. The van der Waals surface area contributed by atoms with Crippen molar-refractivity contribution in [3.05, 3.63) is 46.0 Å². The van der Waals surface area contributed by atoms with Gasteiger partial charge in [0.1, 0.15) is 6.61 Å². The summed E-state index contributed by atoms with van der Waals surface area (Å²) in [6.07, 6.45) is 2.44. The van der Waals surface area contributed by atoms with Gasteiger partial charge < -0.3 is 10.1 Å². The molecule has 0 aliphatic heterocycles. The molecule has 1 aromatic rings. The Hall–Kier alpha value is -1.88. The third-order valence-electron chi connectivity index (χ3n) is 3.03. The number of ether oxygens (including phenoxy) is 1. The van der Waals surface area contributed by atoms with E-state index in [1.54, 1.807) is 19.1 Å². The second-order valence-corrected chi connectivity index (χ2v) is 4.87. The largest absolute Gasteiger partial charge is 0.482 e. The average molecular weight is 262 g/mol. The van der Waals surface area contributed by atoms with Crippen LogP contribution in [-0.2, 0) is 0 Å². The van der Waals surface area contributed by atoms with Crippen LogP contribution in [0.15, 0.2) is 30.4 Å². The van der Waals surface area contributed by atoms with E-state index in [0.29, 0.717) is 24.9 Å². The molecule has 0 atom stereocenters. The Balaban J connectivity index is 1.94. The van der Waals surface area contributed by atoms with Gasteiger partial charge in [-0.2, -0.15) is 0 Å². The molecule has 102 valence electrons. The number of aryl methyl sites for hydroxylation is 1. The van der Waals surface area contributed by atoms with Crippen LogP contribution in [0.1, 0.15) is 18.4 Å². The summed E-state index contributed by atoms with van der Waals surface area (Å²) in [4.78, 5) is 10.5. The van der Waals surface area contributed by atoms with Crippen LogP contribution in [0.5, 0.6) is 5.75 Å². The van der Waals surface area contributed by atoms with Gasteiger partial charge in [-0.1, -0.05) is 18.7 Å². The van der Waals surface area contributed by atoms with Crippen molar-refractivity contribution in [2.75, 3.05) is 13.2 Å². The van der Waals surface area contributed by atoms with Gasteiger partial charge in [-0.15, -0.1) is 0 Å². The van der Waals surface area contributed by atoms with Crippen LogP contribution in [0.25, 0.3) is 0 Å². The fraction of sp³-hybridized carbons (Fsp3) is 0.429. The molecular formula is C14H18N2O3. The maximum Gasteiger partial charge on any atom is 0.311 e. The summed E-state index contributed by atoms with van der Waals surface area (Å²) in [6, 6.07) is 5.52. The molecule has 2 rings (SSSR count). The van der Waals surface area contributed by atoms with Gasteiger partial charge in [-0.3, -0.25) is 10.1 Å². The highest BCUT2D eigenvalue weighted by Crippen LogP contribution is 2.30. The molecule has 0 saturated heterocycles. The molecule has 5 nitrogen and oxygen atoms in total. The highest BCUT2D eigenvalue weighted by atomic mass is 16.6. The van der Waals surface area contributed by atoms with Gasteiger partial charge in [-0.05, 0) is 30.9 Å². The van der Waals surface area contributed by atoms with E-state index in [4.69, 9.17) is 4.74 Å². The van der Waals surface area contributed by atoms with Crippen molar-refractivity contribution in [3.63, 3.8) is 0 Å². The second kappa shape index (κ2) is 5.84. The van der Waals surface area contributed by atoms with Gasteiger partial charge in [0.25, 0.3) is 0 Å². The van der Waals surface area contributed by atoms with Gasteiger partial charge in [0.2, 0.25) is 0 Å². The number of para-hydroxylation sites is 1. The van der Waals surface area contributed by atoms with Gasteiger partial charge in [0, 0.05) is 18.7 Å². The van der Waals surface area contributed by atoms with Crippen LogP contribution in [0.2, 0.25) is 0 Å². The van der Waals surface area contributed by atoms with Crippen LogP contribution in [0.3, 0.4) is 0 Å². The minimum atomic E-state index is -0.423. The first-order valence-electron chi connectivity index (χ1n) is 6.34. The molecule has 0 radical (unpaired) electrons. The molecule has 1 N–H and O–H groups in total. The molecule has 1 aromatic carbocycles. The molecule has 19 heavy (non-hydrogen) atoms. The molecule has 0 spiro atoms. The SMILES string of the molecule is C=C(CNC1CC1)COc1c(C)cccc1[N+](=O)[O-].